The number of benzene rings is 1. The number of piperazine rings is 1. The predicted octanol–water partition coefficient (Wildman–Crippen LogP) is -0.252. The fraction of sp³-hybridized carbons (Fsp3) is 0.500. The van der Waals surface area contributed by atoms with Gasteiger partial charge in [-0.2, -0.15) is 4.31 Å². The van der Waals surface area contributed by atoms with Crippen molar-refractivity contribution in [2.75, 3.05) is 26.2 Å². The molecule has 132 valence electrons. The lowest BCUT2D eigenvalue weighted by molar-refractivity contribution is -0.305. The van der Waals surface area contributed by atoms with E-state index in [1.165, 1.54) is 4.31 Å². The number of sulfonamides is 1. The lowest BCUT2D eigenvalue weighted by Gasteiger charge is -2.34. The van der Waals surface area contributed by atoms with Gasteiger partial charge in [0.2, 0.25) is 15.9 Å². The summed E-state index contributed by atoms with van der Waals surface area (Å²) in [4.78, 5) is 24.2. The lowest BCUT2D eigenvalue weighted by atomic mass is 10.2. The number of hydrogen-bond acceptors (Lipinski definition) is 5. The first-order chi connectivity index (χ1) is 11.3. The Morgan fingerprint density at radius 1 is 1.04 bits per heavy atom. The van der Waals surface area contributed by atoms with E-state index >= 15 is 0 Å². The number of nitrogens with zero attached hydrogens (tertiary/aromatic N) is 2. The van der Waals surface area contributed by atoms with Gasteiger partial charge >= 0.3 is 0 Å². The van der Waals surface area contributed by atoms with Crippen LogP contribution >= 0.6 is 0 Å². The summed E-state index contributed by atoms with van der Waals surface area (Å²) in [7, 11) is -3.55. The van der Waals surface area contributed by atoms with Crippen molar-refractivity contribution >= 4 is 21.9 Å². The fourth-order valence-corrected chi connectivity index (χ4v) is 4.00. The molecule has 1 aliphatic rings. The normalized spacial score (nSPS) is 16.1. The van der Waals surface area contributed by atoms with E-state index in [1.807, 2.05) is 6.92 Å². The summed E-state index contributed by atoms with van der Waals surface area (Å²) >= 11 is 0. The highest BCUT2D eigenvalue weighted by molar-refractivity contribution is 7.89. The Hall–Kier alpha value is -1.93. The summed E-state index contributed by atoms with van der Waals surface area (Å²) in [6, 6.07) is 6.68. The van der Waals surface area contributed by atoms with Crippen LogP contribution in [0.3, 0.4) is 0 Å². The average Bonchev–Trinajstić information content (AvgIpc) is 2.55. The van der Waals surface area contributed by atoms with Gasteiger partial charge in [0.05, 0.1) is 4.90 Å². The molecule has 0 N–H and O–H groups in total. The fourth-order valence-electron chi connectivity index (χ4n) is 2.58. The second-order valence-electron chi connectivity index (χ2n) is 5.82. The van der Waals surface area contributed by atoms with Crippen molar-refractivity contribution in [1.29, 1.82) is 0 Å². The second-order valence-corrected chi connectivity index (χ2v) is 7.76. The molecule has 1 aromatic rings. The van der Waals surface area contributed by atoms with Crippen LogP contribution in [0.5, 0.6) is 0 Å². The second kappa shape index (κ2) is 7.76. The number of aryl methyl sites for hydroxylation is 1. The van der Waals surface area contributed by atoms with E-state index in [0.29, 0.717) is 13.1 Å². The quantitative estimate of drug-likeness (QED) is 0.702. The van der Waals surface area contributed by atoms with E-state index in [4.69, 9.17) is 0 Å². The lowest BCUT2D eigenvalue weighted by Crippen LogP contribution is -2.50. The largest absolute Gasteiger partial charge is 0.550 e. The molecular formula is C16H21N2O5S-. The highest BCUT2D eigenvalue weighted by Crippen LogP contribution is 2.18. The number of carbonyl (C=O) groups excluding carboxylic acids is 2. The SMILES string of the molecule is Cc1ccc(S(=O)(=O)N2CCN(C(=O)CCCC(=O)[O-])CC2)cc1. The van der Waals surface area contributed by atoms with Crippen LogP contribution in [-0.4, -0.2) is 55.7 Å². The summed E-state index contributed by atoms with van der Waals surface area (Å²) in [5, 5.41) is 10.4. The van der Waals surface area contributed by atoms with E-state index < -0.39 is 16.0 Å². The standard InChI is InChI=1S/C16H22N2O5S/c1-13-5-7-14(8-6-13)24(22,23)18-11-9-17(10-12-18)15(19)3-2-4-16(20)21/h5-8H,2-4,9-12H2,1H3,(H,20,21)/p-1. The topological polar surface area (TPSA) is 97.8 Å². The van der Waals surface area contributed by atoms with Gasteiger partial charge in [0.15, 0.2) is 0 Å². The Kier molecular flexibility index (Phi) is 5.95. The molecule has 1 saturated heterocycles. The molecule has 1 fully saturated rings. The van der Waals surface area contributed by atoms with Crippen LogP contribution in [0.15, 0.2) is 29.2 Å². The zero-order valence-corrected chi connectivity index (χ0v) is 14.4. The van der Waals surface area contributed by atoms with Crippen molar-refractivity contribution < 1.29 is 23.1 Å². The van der Waals surface area contributed by atoms with Crippen LogP contribution in [0, 0.1) is 6.92 Å². The van der Waals surface area contributed by atoms with Crippen molar-refractivity contribution in [2.24, 2.45) is 0 Å². The van der Waals surface area contributed by atoms with Gasteiger partial charge in [-0.25, -0.2) is 8.42 Å². The number of aliphatic carboxylic acids is 1. The molecule has 1 aromatic carbocycles. The first kappa shape index (κ1) is 18.4. The number of amides is 1. The van der Waals surface area contributed by atoms with E-state index in [9.17, 15) is 23.1 Å². The van der Waals surface area contributed by atoms with Crippen molar-refractivity contribution in [3.63, 3.8) is 0 Å². The molecule has 2 rings (SSSR count). The van der Waals surface area contributed by atoms with Gasteiger partial charge in [0.25, 0.3) is 0 Å². The predicted molar refractivity (Wildman–Crippen MR) is 85.4 cm³/mol. The zero-order chi connectivity index (χ0) is 17.7. The first-order valence-corrected chi connectivity index (χ1v) is 9.29. The van der Waals surface area contributed by atoms with Crippen molar-refractivity contribution in [1.82, 2.24) is 9.21 Å². The third-order valence-corrected chi connectivity index (χ3v) is 5.93. The minimum Gasteiger partial charge on any atom is -0.550 e. The van der Waals surface area contributed by atoms with E-state index in [0.717, 1.165) is 5.56 Å². The summed E-state index contributed by atoms with van der Waals surface area (Å²) < 4.78 is 26.5. The molecule has 0 spiro atoms. The maximum atomic E-state index is 12.6. The Morgan fingerprint density at radius 3 is 2.17 bits per heavy atom. The molecular weight excluding hydrogens is 332 g/mol. The molecule has 1 heterocycles. The monoisotopic (exact) mass is 353 g/mol. The zero-order valence-electron chi connectivity index (χ0n) is 13.6. The van der Waals surface area contributed by atoms with Gasteiger partial charge in [-0.3, -0.25) is 4.79 Å². The summed E-state index contributed by atoms with van der Waals surface area (Å²) in [6.07, 6.45) is 0.231. The van der Waals surface area contributed by atoms with Gasteiger partial charge < -0.3 is 14.8 Å². The average molecular weight is 353 g/mol. The Labute approximate surface area is 141 Å². The van der Waals surface area contributed by atoms with Gasteiger partial charge in [0, 0.05) is 38.6 Å². The van der Waals surface area contributed by atoms with Crippen LogP contribution in [-0.2, 0) is 19.6 Å². The van der Waals surface area contributed by atoms with Crippen molar-refractivity contribution in [3.05, 3.63) is 29.8 Å². The molecule has 0 aromatic heterocycles. The van der Waals surface area contributed by atoms with E-state index in [1.54, 1.807) is 29.2 Å². The molecule has 0 atom stereocenters. The maximum Gasteiger partial charge on any atom is 0.243 e. The van der Waals surface area contributed by atoms with Gasteiger partial charge in [-0.1, -0.05) is 17.7 Å². The third kappa shape index (κ3) is 4.55. The van der Waals surface area contributed by atoms with Crippen LogP contribution < -0.4 is 5.11 Å². The Morgan fingerprint density at radius 2 is 1.62 bits per heavy atom. The number of carboxylic acid groups (broad SMARTS) is 1. The van der Waals surface area contributed by atoms with Crippen LogP contribution in [0.25, 0.3) is 0 Å². The van der Waals surface area contributed by atoms with Gasteiger partial charge in [-0.15, -0.1) is 0 Å². The van der Waals surface area contributed by atoms with Crippen molar-refractivity contribution in [3.8, 4) is 0 Å². The van der Waals surface area contributed by atoms with Crippen LogP contribution in [0.4, 0.5) is 0 Å². The molecule has 8 heteroatoms. The molecule has 1 aliphatic heterocycles. The molecule has 0 saturated carbocycles. The van der Waals surface area contributed by atoms with E-state index in [2.05, 4.69) is 0 Å². The van der Waals surface area contributed by atoms with Crippen molar-refractivity contribution in [2.45, 2.75) is 31.1 Å². The molecule has 0 aliphatic carbocycles. The Balaban J connectivity index is 1.91. The molecule has 24 heavy (non-hydrogen) atoms. The first-order valence-electron chi connectivity index (χ1n) is 7.85. The summed E-state index contributed by atoms with van der Waals surface area (Å²) in [6.45, 7) is 3.00. The maximum absolute atomic E-state index is 12.6. The molecule has 1 amide bonds. The molecule has 0 bridgehead atoms. The summed E-state index contributed by atoms with van der Waals surface area (Å²) in [5.74, 6) is -1.32. The van der Waals surface area contributed by atoms with Gasteiger partial charge in [-0.05, 0) is 31.9 Å². The van der Waals surface area contributed by atoms with Crippen LogP contribution in [0.2, 0.25) is 0 Å². The third-order valence-electron chi connectivity index (χ3n) is 4.02. The minimum atomic E-state index is -3.55. The smallest absolute Gasteiger partial charge is 0.243 e. The number of carboxylic acids is 1. The number of carbonyl (C=O) groups is 2. The molecule has 0 unspecified atom stereocenters. The van der Waals surface area contributed by atoms with E-state index in [-0.39, 0.29) is 43.2 Å². The molecule has 0 radical (unpaired) electrons. The summed E-state index contributed by atoms with van der Waals surface area (Å²) in [5.41, 5.74) is 0.987. The number of hydrogen-bond donors (Lipinski definition) is 0. The highest BCUT2D eigenvalue weighted by Gasteiger charge is 2.29. The Bertz CT molecular complexity index is 692. The highest BCUT2D eigenvalue weighted by atomic mass is 32.2. The number of rotatable bonds is 6. The van der Waals surface area contributed by atoms with Gasteiger partial charge in [0.1, 0.15) is 0 Å². The minimum absolute atomic E-state index is 0.138. The molecule has 7 nitrogen and oxygen atoms in total. The van der Waals surface area contributed by atoms with Crippen LogP contribution in [0.1, 0.15) is 24.8 Å².